The van der Waals surface area contributed by atoms with Gasteiger partial charge in [0.2, 0.25) is 0 Å². The molecular weight excluding hydrogens is 228 g/mol. The first-order valence-corrected chi connectivity index (χ1v) is 8.95. The van der Waals surface area contributed by atoms with E-state index in [0.717, 1.165) is 29.1 Å². The SMILES string of the molecule is C[C@@]12CCC[C@H]1[C@@H]1CC[C@H]3C[CH]CC[C@]3(C)[C@H]1CC2. The van der Waals surface area contributed by atoms with Crippen molar-refractivity contribution in [2.24, 2.45) is 34.5 Å². The van der Waals surface area contributed by atoms with E-state index in [2.05, 4.69) is 20.3 Å². The Morgan fingerprint density at radius 2 is 1.79 bits per heavy atom. The summed E-state index contributed by atoms with van der Waals surface area (Å²) < 4.78 is 0. The van der Waals surface area contributed by atoms with E-state index in [-0.39, 0.29) is 0 Å². The molecule has 0 nitrogen and oxygen atoms in total. The van der Waals surface area contributed by atoms with Crippen molar-refractivity contribution < 1.29 is 0 Å². The maximum absolute atomic E-state index is 2.68. The van der Waals surface area contributed by atoms with Crippen molar-refractivity contribution in [3.05, 3.63) is 6.42 Å². The van der Waals surface area contributed by atoms with E-state index < -0.39 is 0 Å². The Balaban J connectivity index is 1.64. The van der Waals surface area contributed by atoms with Crippen LogP contribution in [-0.2, 0) is 0 Å². The molecule has 19 heavy (non-hydrogen) atoms. The van der Waals surface area contributed by atoms with E-state index in [1.807, 2.05) is 0 Å². The molecule has 4 aliphatic rings. The third kappa shape index (κ3) is 1.70. The fourth-order valence-corrected chi connectivity index (χ4v) is 7.04. The van der Waals surface area contributed by atoms with Gasteiger partial charge in [0.15, 0.2) is 0 Å². The smallest absolute Gasteiger partial charge is 0.0266 e. The quantitative estimate of drug-likeness (QED) is 0.529. The Kier molecular flexibility index (Phi) is 2.84. The van der Waals surface area contributed by atoms with E-state index in [4.69, 9.17) is 0 Å². The maximum Gasteiger partial charge on any atom is -0.0266 e. The van der Waals surface area contributed by atoms with Gasteiger partial charge in [-0.2, -0.15) is 0 Å². The van der Waals surface area contributed by atoms with E-state index >= 15 is 0 Å². The summed E-state index contributed by atoms with van der Waals surface area (Å²) in [6.07, 6.45) is 17.8. The molecule has 0 heteroatoms. The summed E-state index contributed by atoms with van der Waals surface area (Å²) >= 11 is 0. The molecule has 4 fully saturated rings. The lowest BCUT2D eigenvalue weighted by Gasteiger charge is -2.60. The van der Waals surface area contributed by atoms with Crippen LogP contribution in [0.15, 0.2) is 0 Å². The van der Waals surface area contributed by atoms with Crippen LogP contribution in [0.4, 0.5) is 0 Å². The van der Waals surface area contributed by atoms with E-state index in [0.29, 0.717) is 5.41 Å². The molecule has 0 amide bonds. The lowest BCUT2D eigenvalue weighted by Crippen LogP contribution is -2.51. The van der Waals surface area contributed by atoms with Gasteiger partial charge in [-0.1, -0.05) is 20.3 Å². The van der Waals surface area contributed by atoms with Crippen LogP contribution in [-0.4, -0.2) is 0 Å². The first kappa shape index (κ1) is 12.7. The van der Waals surface area contributed by atoms with Crippen LogP contribution in [0, 0.1) is 40.9 Å². The normalized spacial score (nSPS) is 57.2. The molecule has 0 aromatic carbocycles. The lowest BCUT2D eigenvalue weighted by molar-refractivity contribution is -0.0969. The Morgan fingerprint density at radius 1 is 0.895 bits per heavy atom. The highest BCUT2D eigenvalue weighted by Crippen LogP contribution is 2.66. The molecule has 0 aliphatic heterocycles. The second-order valence-corrected chi connectivity index (χ2v) is 8.80. The summed E-state index contributed by atoms with van der Waals surface area (Å²) in [6, 6.07) is 0. The highest BCUT2D eigenvalue weighted by molar-refractivity contribution is 5.07. The fourth-order valence-electron chi connectivity index (χ4n) is 7.04. The van der Waals surface area contributed by atoms with Crippen molar-refractivity contribution in [3.63, 3.8) is 0 Å². The summed E-state index contributed by atoms with van der Waals surface area (Å²) in [7, 11) is 0. The Hall–Kier alpha value is 0. The summed E-state index contributed by atoms with van der Waals surface area (Å²) in [6.45, 7) is 5.31. The van der Waals surface area contributed by atoms with Crippen LogP contribution >= 0.6 is 0 Å². The summed E-state index contributed by atoms with van der Waals surface area (Å²) in [5.41, 5.74) is 1.45. The largest absolute Gasteiger partial charge is 0.0594 e. The van der Waals surface area contributed by atoms with Crippen LogP contribution in [0.5, 0.6) is 0 Å². The molecule has 0 spiro atoms. The van der Waals surface area contributed by atoms with Crippen molar-refractivity contribution in [3.8, 4) is 0 Å². The summed E-state index contributed by atoms with van der Waals surface area (Å²) in [5.74, 6) is 4.31. The first-order chi connectivity index (χ1) is 9.13. The standard InChI is InChI=1S/C19H31/c1-18-11-5-7-16(18)15-9-8-14-6-3-4-12-19(14,2)17(15)10-13-18/h3,14-17H,4-13H2,1-2H3/t14-,15+,16+,17+,18+,19+/m1/s1. The van der Waals surface area contributed by atoms with Crippen LogP contribution in [0.3, 0.4) is 0 Å². The second-order valence-electron chi connectivity index (χ2n) is 8.80. The molecule has 107 valence electrons. The minimum atomic E-state index is 0.710. The van der Waals surface area contributed by atoms with Gasteiger partial charge in [-0.15, -0.1) is 0 Å². The zero-order chi connectivity index (χ0) is 13.1. The summed E-state index contributed by atoms with van der Waals surface area (Å²) in [5, 5.41) is 0. The van der Waals surface area contributed by atoms with Crippen molar-refractivity contribution in [2.45, 2.75) is 78.1 Å². The number of hydrogen-bond acceptors (Lipinski definition) is 0. The molecule has 6 atom stereocenters. The zero-order valence-corrected chi connectivity index (χ0v) is 13.0. The average Bonchev–Trinajstić information content (AvgIpc) is 2.79. The van der Waals surface area contributed by atoms with Gasteiger partial charge in [-0.05, 0) is 98.7 Å². The van der Waals surface area contributed by atoms with E-state index in [1.54, 1.807) is 32.1 Å². The monoisotopic (exact) mass is 259 g/mol. The lowest BCUT2D eigenvalue weighted by atomic mass is 9.45. The molecule has 0 N–H and O–H groups in total. The Labute approximate surface area is 119 Å². The van der Waals surface area contributed by atoms with Gasteiger partial charge in [0.25, 0.3) is 0 Å². The molecule has 1 radical (unpaired) electrons. The molecular formula is C19H31. The van der Waals surface area contributed by atoms with Gasteiger partial charge in [-0.3, -0.25) is 0 Å². The van der Waals surface area contributed by atoms with Crippen molar-refractivity contribution in [2.75, 3.05) is 0 Å². The minimum absolute atomic E-state index is 0.710. The topological polar surface area (TPSA) is 0 Å². The molecule has 0 bridgehead atoms. The third-order valence-corrected chi connectivity index (χ3v) is 8.18. The second kappa shape index (κ2) is 4.25. The molecule has 0 aromatic rings. The zero-order valence-electron chi connectivity index (χ0n) is 13.0. The highest BCUT2D eigenvalue weighted by atomic mass is 14.6. The van der Waals surface area contributed by atoms with Gasteiger partial charge in [0.05, 0.1) is 0 Å². The summed E-state index contributed by atoms with van der Waals surface area (Å²) in [4.78, 5) is 0. The maximum atomic E-state index is 2.68. The number of fused-ring (bicyclic) bond motifs is 5. The van der Waals surface area contributed by atoms with Crippen molar-refractivity contribution in [1.29, 1.82) is 0 Å². The van der Waals surface area contributed by atoms with Gasteiger partial charge >= 0.3 is 0 Å². The third-order valence-electron chi connectivity index (χ3n) is 8.18. The molecule has 0 unspecified atom stereocenters. The van der Waals surface area contributed by atoms with Gasteiger partial charge in [-0.25, -0.2) is 0 Å². The molecule has 0 aromatic heterocycles. The van der Waals surface area contributed by atoms with Crippen molar-refractivity contribution in [1.82, 2.24) is 0 Å². The number of rotatable bonds is 0. The van der Waals surface area contributed by atoms with Crippen LogP contribution in [0.1, 0.15) is 78.1 Å². The molecule has 0 saturated heterocycles. The van der Waals surface area contributed by atoms with E-state index in [1.165, 1.54) is 32.1 Å². The number of hydrogen-bond donors (Lipinski definition) is 0. The molecule has 4 aliphatic carbocycles. The van der Waals surface area contributed by atoms with Gasteiger partial charge in [0.1, 0.15) is 0 Å². The van der Waals surface area contributed by atoms with Gasteiger partial charge in [0, 0.05) is 0 Å². The van der Waals surface area contributed by atoms with Crippen molar-refractivity contribution >= 4 is 0 Å². The Morgan fingerprint density at radius 3 is 2.68 bits per heavy atom. The van der Waals surface area contributed by atoms with E-state index in [9.17, 15) is 0 Å². The molecule has 0 heterocycles. The highest BCUT2D eigenvalue weighted by Gasteiger charge is 2.56. The van der Waals surface area contributed by atoms with Crippen LogP contribution < -0.4 is 0 Å². The predicted octanol–water partition coefficient (Wildman–Crippen LogP) is 5.62. The minimum Gasteiger partial charge on any atom is -0.0594 e. The van der Waals surface area contributed by atoms with Crippen LogP contribution in [0.25, 0.3) is 0 Å². The van der Waals surface area contributed by atoms with Crippen LogP contribution in [0.2, 0.25) is 0 Å². The molecule has 4 rings (SSSR count). The first-order valence-electron chi connectivity index (χ1n) is 8.95. The Bertz CT molecular complexity index is 359. The average molecular weight is 259 g/mol. The van der Waals surface area contributed by atoms with Gasteiger partial charge < -0.3 is 0 Å². The predicted molar refractivity (Wildman–Crippen MR) is 80.6 cm³/mol. The fraction of sp³-hybridized carbons (Fsp3) is 0.947. The molecule has 4 saturated carbocycles.